The van der Waals surface area contributed by atoms with E-state index in [-0.39, 0.29) is 0 Å². The fourth-order valence-corrected chi connectivity index (χ4v) is 4.79. The first kappa shape index (κ1) is 18.3. The van der Waals surface area contributed by atoms with Crippen LogP contribution in [0.5, 0.6) is 5.75 Å². The van der Waals surface area contributed by atoms with Gasteiger partial charge in [0.2, 0.25) is 0 Å². The van der Waals surface area contributed by atoms with E-state index in [1.165, 1.54) is 22.3 Å². The van der Waals surface area contributed by atoms with Crippen molar-refractivity contribution in [1.82, 2.24) is 4.90 Å². The molecular weight excluding hydrogens is 326 g/mol. The molecule has 0 radical (unpaired) electrons. The van der Waals surface area contributed by atoms with Gasteiger partial charge in [-0.15, -0.1) is 11.8 Å². The van der Waals surface area contributed by atoms with Crippen LogP contribution in [0.25, 0.3) is 0 Å². The van der Waals surface area contributed by atoms with Crippen LogP contribution in [-0.4, -0.2) is 30.3 Å². The Balaban J connectivity index is 1.91. The lowest BCUT2D eigenvalue weighted by atomic mass is 9.98. The Labute approximate surface area is 156 Å². The number of fused-ring (bicyclic) bond motifs is 2. The van der Waals surface area contributed by atoms with Gasteiger partial charge in [0.25, 0.3) is 0 Å². The highest BCUT2D eigenvalue weighted by Crippen LogP contribution is 2.44. The molecule has 0 bridgehead atoms. The number of benzene rings is 2. The highest BCUT2D eigenvalue weighted by Gasteiger charge is 2.25. The monoisotopic (exact) mass is 355 g/mol. The summed E-state index contributed by atoms with van der Waals surface area (Å²) in [7, 11) is 0. The van der Waals surface area contributed by atoms with Gasteiger partial charge in [-0.3, -0.25) is 0 Å². The van der Waals surface area contributed by atoms with E-state index in [1.54, 1.807) is 0 Å². The van der Waals surface area contributed by atoms with Crippen LogP contribution in [0.4, 0.5) is 0 Å². The molecule has 2 aromatic rings. The average Bonchev–Trinajstić information content (AvgIpc) is 2.82. The summed E-state index contributed by atoms with van der Waals surface area (Å²) in [6, 6.07) is 15.5. The summed E-state index contributed by atoms with van der Waals surface area (Å²) in [5.41, 5.74) is 5.46. The number of aryl methyl sites for hydroxylation is 1. The van der Waals surface area contributed by atoms with E-state index in [4.69, 9.17) is 4.74 Å². The van der Waals surface area contributed by atoms with Gasteiger partial charge >= 0.3 is 0 Å². The SMILES string of the molecule is CCc1ccc2c(c1)C(SCCN(CC)CC)c1ccccc1CO2. The second kappa shape index (κ2) is 8.77. The maximum absolute atomic E-state index is 6.15. The van der Waals surface area contributed by atoms with Crippen molar-refractivity contribution in [2.45, 2.75) is 39.0 Å². The summed E-state index contributed by atoms with van der Waals surface area (Å²) in [5.74, 6) is 2.19. The van der Waals surface area contributed by atoms with Crippen LogP contribution < -0.4 is 4.74 Å². The van der Waals surface area contributed by atoms with Crippen molar-refractivity contribution in [2.75, 3.05) is 25.4 Å². The second-order valence-corrected chi connectivity index (χ2v) is 7.70. The topological polar surface area (TPSA) is 12.5 Å². The highest BCUT2D eigenvalue weighted by molar-refractivity contribution is 7.99. The third kappa shape index (κ3) is 4.21. The van der Waals surface area contributed by atoms with Crippen molar-refractivity contribution in [1.29, 1.82) is 0 Å². The van der Waals surface area contributed by atoms with Crippen molar-refractivity contribution in [3.63, 3.8) is 0 Å². The predicted octanol–water partition coefficient (Wildman–Crippen LogP) is 5.31. The molecule has 3 rings (SSSR count). The smallest absolute Gasteiger partial charge is 0.124 e. The molecule has 0 spiro atoms. The van der Waals surface area contributed by atoms with Gasteiger partial charge in [0.05, 0.1) is 5.25 Å². The summed E-state index contributed by atoms with van der Waals surface area (Å²) in [6.45, 7) is 10.8. The Morgan fingerprint density at radius 2 is 1.84 bits per heavy atom. The molecule has 1 atom stereocenters. The van der Waals surface area contributed by atoms with E-state index in [2.05, 4.69) is 79.9 Å². The Kier molecular flexibility index (Phi) is 6.44. The summed E-state index contributed by atoms with van der Waals surface area (Å²) in [4.78, 5) is 2.50. The van der Waals surface area contributed by atoms with Gasteiger partial charge < -0.3 is 9.64 Å². The standard InChI is InChI=1S/C22H29NOS/c1-4-17-11-12-21-20(15-17)22(25-14-13-23(5-2)6-3)19-10-8-7-9-18(19)16-24-21/h7-12,15,22H,4-6,13-14,16H2,1-3H3. The first-order chi connectivity index (χ1) is 12.3. The lowest BCUT2D eigenvalue weighted by Gasteiger charge is -2.22. The molecule has 0 aliphatic carbocycles. The fraction of sp³-hybridized carbons (Fsp3) is 0.455. The van der Waals surface area contributed by atoms with E-state index >= 15 is 0 Å². The van der Waals surface area contributed by atoms with Crippen molar-refractivity contribution in [3.05, 3.63) is 64.7 Å². The van der Waals surface area contributed by atoms with Crippen LogP contribution in [0, 0.1) is 0 Å². The van der Waals surface area contributed by atoms with Crippen LogP contribution in [0.15, 0.2) is 42.5 Å². The second-order valence-electron chi connectivity index (χ2n) is 6.49. The van der Waals surface area contributed by atoms with Gasteiger partial charge in [-0.1, -0.05) is 57.2 Å². The maximum atomic E-state index is 6.15. The molecule has 3 heteroatoms. The third-order valence-corrected chi connectivity index (χ3v) is 6.33. The molecule has 0 saturated heterocycles. The van der Waals surface area contributed by atoms with Gasteiger partial charge in [0, 0.05) is 17.9 Å². The normalized spacial score (nSPS) is 16.1. The van der Waals surface area contributed by atoms with E-state index in [1.807, 2.05) is 0 Å². The number of rotatable bonds is 7. The van der Waals surface area contributed by atoms with Crippen LogP contribution >= 0.6 is 11.8 Å². The minimum Gasteiger partial charge on any atom is -0.489 e. The third-order valence-electron chi connectivity index (χ3n) is 5.07. The number of ether oxygens (including phenoxy) is 1. The van der Waals surface area contributed by atoms with Crippen LogP contribution in [0.3, 0.4) is 0 Å². The Hall–Kier alpha value is -1.45. The van der Waals surface area contributed by atoms with Crippen molar-refractivity contribution >= 4 is 11.8 Å². The largest absolute Gasteiger partial charge is 0.489 e. The van der Waals surface area contributed by atoms with Gasteiger partial charge in [0.1, 0.15) is 12.4 Å². The Bertz CT molecular complexity index is 696. The molecule has 1 aliphatic rings. The molecule has 0 N–H and O–H groups in total. The maximum Gasteiger partial charge on any atom is 0.124 e. The zero-order valence-electron chi connectivity index (χ0n) is 15.6. The van der Waals surface area contributed by atoms with Gasteiger partial charge in [0.15, 0.2) is 0 Å². The van der Waals surface area contributed by atoms with Crippen LogP contribution in [-0.2, 0) is 13.0 Å². The molecular formula is C22H29NOS. The van der Waals surface area contributed by atoms with Crippen molar-refractivity contribution < 1.29 is 4.74 Å². The first-order valence-electron chi connectivity index (χ1n) is 9.44. The highest BCUT2D eigenvalue weighted by atomic mass is 32.2. The molecule has 134 valence electrons. The lowest BCUT2D eigenvalue weighted by Crippen LogP contribution is -2.25. The van der Waals surface area contributed by atoms with Crippen molar-refractivity contribution in [2.24, 2.45) is 0 Å². The zero-order valence-corrected chi connectivity index (χ0v) is 16.4. The van der Waals surface area contributed by atoms with E-state index in [0.717, 1.165) is 37.6 Å². The fourth-order valence-electron chi connectivity index (χ4n) is 3.42. The predicted molar refractivity (Wildman–Crippen MR) is 109 cm³/mol. The zero-order chi connectivity index (χ0) is 17.6. The molecule has 2 aromatic carbocycles. The molecule has 0 aromatic heterocycles. The molecule has 2 nitrogen and oxygen atoms in total. The number of hydrogen-bond acceptors (Lipinski definition) is 3. The van der Waals surface area contributed by atoms with Crippen molar-refractivity contribution in [3.8, 4) is 5.75 Å². The molecule has 0 fully saturated rings. The summed E-state index contributed by atoms with van der Waals surface area (Å²) in [6.07, 6.45) is 1.06. The molecule has 25 heavy (non-hydrogen) atoms. The van der Waals surface area contributed by atoms with E-state index < -0.39 is 0 Å². The van der Waals surface area contributed by atoms with E-state index in [0.29, 0.717) is 11.9 Å². The number of hydrogen-bond donors (Lipinski definition) is 0. The average molecular weight is 356 g/mol. The molecule has 1 aliphatic heterocycles. The molecule has 1 heterocycles. The molecule has 0 saturated carbocycles. The molecule has 1 unspecified atom stereocenters. The lowest BCUT2D eigenvalue weighted by molar-refractivity contribution is 0.307. The summed E-state index contributed by atoms with van der Waals surface area (Å²) in [5, 5.41) is 0.357. The Morgan fingerprint density at radius 1 is 1.04 bits per heavy atom. The summed E-state index contributed by atoms with van der Waals surface area (Å²) >= 11 is 2.05. The minimum absolute atomic E-state index is 0.357. The number of thioether (sulfide) groups is 1. The van der Waals surface area contributed by atoms with Gasteiger partial charge in [-0.25, -0.2) is 0 Å². The molecule has 0 amide bonds. The van der Waals surface area contributed by atoms with E-state index in [9.17, 15) is 0 Å². The summed E-state index contributed by atoms with van der Waals surface area (Å²) < 4.78 is 6.15. The Morgan fingerprint density at radius 3 is 2.60 bits per heavy atom. The number of nitrogens with zero attached hydrogens (tertiary/aromatic N) is 1. The van der Waals surface area contributed by atoms with Gasteiger partial charge in [-0.2, -0.15) is 0 Å². The quantitative estimate of drug-likeness (QED) is 0.668. The first-order valence-corrected chi connectivity index (χ1v) is 10.5. The minimum atomic E-state index is 0.357. The van der Waals surface area contributed by atoms with Gasteiger partial charge in [-0.05, 0) is 42.3 Å². The van der Waals surface area contributed by atoms with Crippen LogP contribution in [0.1, 0.15) is 48.3 Å². The van der Waals surface area contributed by atoms with Crippen LogP contribution in [0.2, 0.25) is 0 Å².